The van der Waals surface area contributed by atoms with Crippen molar-refractivity contribution in [2.45, 2.75) is 13.1 Å². The van der Waals surface area contributed by atoms with Crippen LogP contribution in [0.25, 0.3) is 0 Å². The smallest absolute Gasteiger partial charge is 0.137 e. The molecular formula is C10H11N5S. The molecule has 2 heterocycles. The molecule has 16 heavy (non-hydrogen) atoms. The van der Waals surface area contributed by atoms with E-state index >= 15 is 0 Å². The molecule has 0 fully saturated rings. The molecule has 2 rings (SSSR count). The topological polar surface area (TPSA) is 66.5 Å². The fourth-order valence-corrected chi connectivity index (χ4v) is 2.06. The Morgan fingerprint density at radius 1 is 1.56 bits per heavy atom. The zero-order valence-corrected chi connectivity index (χ0v) is 9.44. The van der Waals surface area contributed by atoms with E-state index in [9.17, 15) is 0 Å². The number of thiophene rings is 1. The van der Waals surface area contributed by atoms with Crippen molar-refractivity contribution < 1.29 is 0 Å². The van der Waals surface area contributed by atoms with Crippen molar-refractivity contribution in [1.82, 2.24) is 20.1 Å². The van der Waals surface area contributed by atoms with Gasteiger partial charge in [-0.3, -0.25) is 4.68 Å². The van der Waals surface area contributed by atoms with E-state index in [-0.39, 0.29) is 0 Å². The van der Waals surface area contributed by atoms with Crippen LogP contribution >= 0.6 is 11.3 Å². The van der Waals surface area contributed by atoms with Crippen molar-refractivity contribution in [3.8, 4) is 6.07 Å². The van der Waals surface area contributed by atoms with E-state index in [0.29, 0.717) is 0 Å². The second kappa shape index (κ2) is 5.39. The van der Waals surface area contributed by atoms with E-state index in [1.54, 1.807) is 22.3 Å². The average Bonchev–Trinajstić information content (AvgIpc) is 2.95. The van der Waals surface area contributed by atoms with Gasteiger partial charge in [-0.05, 0) is 6.07 Å². The Kier molecular flexibility index (Phi) is 3.64. The molecule has 0 spiro atoms. The summed E-state index contributed by atoms with van der Waals surface area (Å²) >= 11 is 1.60. The molecule has 0 aliphatic rings. The van der Waals surface area contributed by atoms with Gasteiger partial charge in [0.05, 0.1) is 12.1 Å². The Balaban J connectivity index is 1.70. The Morgan fingerprint density at radius 3 is 3.19 bits per heavy atom. The molecule has 0 aliphatic heterocycles. The number of nitrogens with one attached hydrogen (secondary N) is 1. The molecule has 1 N–H and O–H groups in total. The van der Waals surface area contributed by atoms with Gasteiger partial charge in [0.2, 0.25) is 0 Å². The van der Waals surface area contributed by atoms with Gasteiger partial charge in [-0.2, -0.15) is 10.4 Å². The lowest BCUT2D eigenvalue weighted by atomic mass is 10.3. The van der Waals surface area contributed by atoms with Crippen LogP contribution in [0.3, 0.4) is 0 Å². The molecule has 0 aliphatic carbocycles. The molecule has 0 saturated heterocycles. The molecule has 0 bridgehead atoms. The molecule has 6 heteroatoms. The number of nitriles is 1. The van der Waals surface area contributed by atoms with Crippen LogP contribution in [0.1, 0.15) is 10.4 Å². The summed E-state index contributed by atoms with van der Waals surface area (Å²) in [5.41, 5.74) is 0.734. The number of hydrogen-bond acceptors (Lipinski definition) is 5. The molecule has 0 aromatic carbocycles. The summed E-state index contributed by atoms with van der Waals surface area (Å²) in [5, 5.41) is 17.8. The molecule has 82 valence electrons. The number of nitrogens with zero attached hydrogens (tertiary/aromatic N) is 4. The van der Waals surface area contributed by atoms with E-state index in [1.807, 2.05) is 11.4 Å². The maximum atomic E-state index is 8.67. The highest BCUT2D eigenvalue weighted by atomic mass is 32.1. The number of aromatic nitrogens is 3. The van der Waals surface area contributed by atoms with Crippen molar-refractivity contribution >= 4 is 11.3 Å². The SMILES string of the molecule is N#Cc1csc(CNCCn2cncn2)c1. The van der Waals surface area contributed by atoms with Crippen LogP contribution in [-0.2, 0) is 13.1 Å². The van der Waals surface area contributed by atoms with Gasteiger partial charge in [0.25, 0.3) is 0 Å². The quantitative estimate of drug-likeness (QED) is 0.782. The maximum Gasteiger partial charge on any atom is 0.137 e. The standard InChI is InChI=1S/C10H11N5S/c11-4-9-3-10(16-6-9)5-12-1-2-15-8-13-7-14-15/h3,6-8,12H,1-2,5H2. The lowest BCUT2D eigenvalue weighted by Gasteiger charge is -2.02. The van der Waals surface area contributed by atoms with Crippen LogP contribution < -0.4 is 5.32 Å². The Bertz CT molecular complexity index is 468. The second-order valence-electron chi connectivity index (χ2n) is 3.25. The van der Waals surface area contributed by atoms with Crippen LogP contribution in [0.2, 0.25) is 0 Å². The van der Waals surface area contributed by atoms with Gasteiger partial charge in [0.15, 0.2) is 0 Å². The molecule has 0 unspecified atom stereocenters. The first kappa shape index (κ1) is 10.8. The van der Waals surface area contributed by atoms with Crippen molar-refractivity contribution in [2.24, 2.45) is 0 Å². The highest BCUT2D eigenvalue weighted by Crippen LogP contribution is 2.12. The molecular weight excluding hydrogens is 222 g/mol. The Labute approximate surface area is 97.4 Å². The number of hydrogen-bond donors (Lipinski definition) is 1. The minimum Gasteiger partial charge on any atom is -0.310 e. The van der Waals surface area contributed by atoms with Gasteiger partial charge < -0.3 is 5.32 Å². The first-order chi connectivity index (χ1) is 7.88. The third-order valence-corrected chi connectivity index (χ3v) is 3.00. The van der Waals surface area contributed by atoms with Gasteiger partial charge in [0, 0.05) is 23.3 Å². The Hall–Kier alpha value is -1.71. The third kappa shape index (κ3) is 2.89. The highest BCUT2D eigenvalue weighted by Gasteiger charge is 1.98. The predicted octanol–water partition coefficient (Wildman–Crippen LogP) is 1.00. The van der Waals surface area contributed by atoms with Crippen molar-refractivity contribution in [2.75, 3.05) is 6.54 Å². The molecule has 0 saturated carbocycles. The van der Waals surface area contributed by atoms with E-state index in [0.717, 1.165) is 25.2 Å². The molecule has 2 aromatic heterocycles. The third-order valence-electron chi connectivity index (χ3n) is 2.07. The molecule has 2 aromatic rings. The summed E-state index contributed by atoms with van der Waals surface area (Å²) in [7, 11) is 0. The normalized spacial score (nSPS) is 10.2. The number of rotatable bonds is 5. The van der Waals surface area contributed by atoms with Gasteiger partial charge in [0.1, 0.15) is 18.7 Å². The minimum atomic E-state index is 0.734. The summed E-state index contributed by atoms with van der Waals surface area (Å²) < 4.78 is 1.78. The maximum absolute atomic E-state index is 8.67. The fourth-order valence-electron chi connectivity index (χ4n) is 1.29. The molecule has 0 radical (unpaired) electrons. The first-order valence-electron chi connectivity index (χ1n) is 4.89. The molecule has 0 amide bonds. The molecule has 5 nitrogen and oxygen atoms in total. The lowest BCUT2D eigenvalue weighted by molar-refractivity contribution is 0.555. The first-order valence-corrected chi connectivity index (χ1v) is 5.77. The van der Waals surface area contributed by atoms with E-state index in [2.05, 4.69) is 21.5 Å². The summed E-state index contributed by atoms with van der Waals surface area (Å²) in [6.45, 7) is 2.43. The minimum absolute atomic E-state index is 0.734. The van der Waals surface area contributed by atoms with E-state index in [4.69, 9.17) is 5.26 Å². The van der Waals surface area contributed by atoms with Gasteiger partial charge in [-0.15, -0.1) is 11.3 Å². The van der Waals surface area contributed by atoms with Crippen LogP contribution in [0.4, 0.5) is 0 Å². The molecule has 0 atom stereocenters. The van der Waals surface area contributed by atoms with Crippen LogP contribution in [-0.4, -0.2) is 21.3 Å². The van der Waals surface area contributed by atoms with Crippen molar-refractivity contribution in [3.63, 3.8) is 0 Å². The average molecular weight is 233 g/mol. The largest absolute Gasteiger partial charge is 0.310 e. The lowest BCUT2D eigenvalue weighted by Crippen LogP contribution is -2.19. The van der Waals surface area contributed by atoms with Crippen LogP contribution in [0.15, 0.2) is 24.1 Å². The van der Waals surface area contributed by atoms with Gasteiger partial charge in [-0.1, -0.05) is 0 Å². The van der Waals surface area contributed by atoms with E-state index in [1.165, 1.54) is 11.2 Å². The fraction of sp³-hybridized carbons (Fsp3) is 0.300. The van der Waals surface area contributed by atoms with E-state index < -0.39 is 0 Å². The summed E-state index contributed by atoms with van der Waals surface area (Å²) in [6, 6.07) is 4.03. The van der Waals surface area contributed by atoms with Crippen LogP contribution in [0, 0.1) is 11.3 Å². The van der Waals surface area contributed by atoms with Crippen molar-refractivity contribution in [1.29, 1.82) is 5.26 Å². The predicted molar refractivity (Wildman–Crippen MR) is 60.8 cm³/mol. The second-order valence-corrected chi connectivity index (χ2v) is 4.24. The van der Waals surface area contributed by atoms with Gasteiger partial charge >= 0.3 is 0 Å². The zero-order valence-electron chi connectivity index (χ0n) is 8.63. The Morgan fingerprint density at radius 2 is 2.50 bits per heavy atom. The highest BCUT2D eigenvalue weighted by molar-refractivity contribution is 7.10. The van der Waals surface area contributed by atoms with Gasteiger partial charge in [-0.25, -0.2) is 4.98 Å². The summed E-state index contributed by atoms with van der Waals surface area (Å²) in [4.78, 5) is 5.04. The monoisotopic (exact) mass is 233 g/mol. The zero-order chi connectivity index (χ0) is 11.2. The summed E-state index contributed by atoms with van der Waals surface area (Å²) in [5.74, 6) is 0. The van der Waals surface area contributed by atoms with Crippen LogP contribution in [0.5, 0.6) is 0 Å². The summed E-state index contributed by atoms with van der Waals surface area (Å²) in [6.07, 6.45) is 3.22. The van der Waals surface area contributed by atoms with Crippen molar-refractivity contribution in [3.05, 3.63) is 34.5 Å².